The summed E-state index contributed by atoms with van der Waals surface area (Å²) in [5, 5.41) is 13.7. The molecule has 2 aliphatic heterocycles. The highest BCUT2D eigenvalue weighted by Gasteiger charge is 2.34. The maximum Gasteiger partial charge on any atom is 0.215 e. The largest absolute Gasteiger partial charge is 0.388 e. The van der Waals surface area contributed by atoms with Crippen LogP contribution in [0.4, 0.5) is 0 Å². The number of sulfonamides is 1. The van der Waals surface area contributed by atoms with Crippen molar-refractivity contribution in [2.75, 3.05) is 65.3 Å². The summed E-state index contributed by atoms with van der Waals surface area (Å²) >= 11 is 0. The van der Waals surface area contributed by atoms with E-state index in [1.54, 1.807) is 7.05 Å². The van der Waals surface area contributed by atoms with Gasteiger partial charge in [0.1, 0.15) is 0 Å². The minimum atomic E-state index is -3.33. The summed E-state index contributed by atoms with van der Waals surface area (Å²) in [6.45, 7) is 5.29. The number of nitrogens with one attached hydrogen (secondary N) is 1. The molecule has 0 aromatic carbocycles. The van der Waals surface area contributed by atoms with E-state index in [1.807, 2.05) is 0 Å². The van der Waals surface area contributed by atoms with E-state index in [0.717, 1.165) is 26.2 Å². The SMILES string of the molecule is CN(CC1(O)CCOCC1)S(=O)(=O)CCN1CCNCC1. The molecule has 8 heteroatoms. The van der Waals surface area contributed by atoms with Gasteiger partial charge in [-0.15, -0.1) is 0 Å². The van der Waals surface area contributed by atoms with Crippen molar-refractivity contribution in [1.82, 2.24) is 14.5 Å². The molecule has 2 heterocycles. The number of hydrogen-bond acceptors (Lipinski definition) is 6. The van der Waals surface area contributed by atoms with E-state index >= 15 is 0 Å². The molecule has 0 aromatic rings. The average molecular weight is 321 g/mol. The first-order chi connectivity index (χ1) is 9.91. The summed E-state index contributed by atoms with van der Waals surface area (Å²) in [4.78, 5) is 2.16. The van der Waals surface area contributed by atoms with Gasteiger partial charge in [-0.3, -0.25) is 4.90 Å². The van der Waals surface area contributed by atoms with Crippen LogP contribution in [0.25, 0.3) is 0 Å². The molecule has 0 saturated carbocycles. The monoisotopic (exact) mass is 321 g/mol. The molecule has 0 aromatic heterocycles. The second-order valence-electron chi connectivity index (χ2n) is 6.00. The lowest BCUT2D eigenvalue weighted by Crippen LogP contribution is -2.49. The van der Waals surface area contributed by atoms with Crippen LogP contribution in [0.2, 0.25) is 0 Å². The van der Waals surface area contributed by atoms with E-state index < -0.39 is 15.6 Å². The highest BCUT2D eigenvalue weighted by Crippen LogP contribution is 2.22. The molecule has 0 amide bonds. The van der Waals surface area contributed by atoms with E-state index in [2.05, 4.69) is 10.2 Å². The molecular weight excluding hydrogens is 294 g/mol. The molecule has 2 saturated heterocycles. The zero-order valence-electron chi connectivity index (χ0n) is 12.8. The Morgan fingerprint density at radius 2 is 1.90 bits per heavy atom. The summed E-state index contributed by atoms with van der Waals surface area (Å²) < 4.78 is 31.2. The van der Waals surface area contributed by atoms with E-state index in [0.29, 0.717) is 32.6 Å². The Morgan fingerprint density at radius 1 is 1.29 bits per heavy atom. The van der Waals surface area contributed by atoms with Crippen LogP contribution in [-0.4, -0.2) is 93.6 Å². The summed E-state index contributed by atoms with van der Waals surface area (Å²) in [7, 11) is -1.77. The van der Waals surface area contributed by atoms with Crippen LogP contribution < -0.4 is 5.32 Å². The number of likely N-dealkylation sites (N-methyl/N-ethyl adjacent to an activating group) is 1. The number of aliphatic hydroxyl groups is 1. The molecular formula is C13H27N3O4S. The van der Waals surface area contributed by atoms with Gasteiger partial charge in [0.05, 0.1) is 11.4 Å². The molecule has 0 unspecified atom stereocenters. The van der Waals surface area contributed by atoms with Crippen molar-refractivity contribution in [3.63, 3.8) is 0 Å². The third-order valence-electron chi connectivity index (χ3n) is 4.29. The Balaban J connectivity index is 1.82. The van der Waals surface area contributed by atoms with Gasteiger partial charge in [-0.25, -0.2) is 12.7 Å². The molecule has 7 nitrogen and oxygen atoms in total. The molecule has 0 spiro atoms. The van der Waals surface area contributed by atoms with Crippen molar-refractivity contribution in [1.29, 1.82) is 0 Å². The molecule has 124 valence electrons. The lowest BCUT2D eigenvalue weighted by molar-refractivity contribution is -0.0689. The van der Waals surface area contributed by atoms with Crippen LogP contribution in [-0.2, 0) is 14.8 Å². The van der Waals surface area contributed by atoms with Crippen molar-refractivity contribution < 1.29 is 18.3 Å². The standard InChI is InChI=1S/C13H27N3O4S/c1-15(12-13(17)2-9-20-10-3-13)21(18,19)11-8-16-6-4-14-5-7-16/h14,17H,2-12H2,1H3. The highest BCUT2D eigenvalue weighted by atomic mass is 32.2. The van der Waals surface area contributed by atoms with Gasteiger partial charge in [0.2, 0.25) is 10.0 Å². The molecule has 2 rings (SSSR count). The van der Waals surface area contributed by atoms with E-state index in [-0.39, 0.29) is 12.3 Å². The highest BCUT2D eigenvalue weighted by molar-refractivity contribution is 7.89. The molecule has 2 fully saturated rings. The minimum absolute atomic E-state index is 0.107. The summed E-state index contributed by atoms with van der Waals surface area (Å²) in [6.07, 6.45) is 0.981. The number of piperazine rings is 1. The molecule has 2 aliphatic rings. The Labute approximate surface area is 127 Å². The molecule has 2 N–H and O–H groups in total. The third kappa shape index (κ3) is 5.15. The van der Waals surface area contributed by atoms with E-state index in [4.69, 9.17) is 4.74 Å². The quantitative estimate of drug-likeness (QED) is 0.632. The lowest BCUT2D eigenvalue weighted by atomic mass is 9.95. The zero-order chi connectivity index (χ0) is 15.3. The van der Waals surface area contributed by atoms with Crippen LogP contribution in [0.15, 0.2) is 0 Å². The van der Waals surface area contributed by atoms with Crippen molar-refractivity contribution >= 4 is 10.0 Å². The van der Waals surface area contributed by atoms with Crippen molar-refractivity contribution in [2.24, 2.45) is 0 Å². The summed E-state index contributed by atoms with van der Waals surface area (Å²) in [6, 6.07) is 0. The molecule has 0 radical (unpaired) electrons. The van der Waals surface area contributed by atoms with Crippen molar-refractivity contribution in [3.8, 4) is 0 Å². The summed E-state index contributed by atoms with van der Waals surface area (Å²) in [5.41, 5.74) is -0.949. The van der Waals surface area contributed by atoms with Crippen molar-refractivity contribution in [3.05, 3.63) is 0 Å². The first-order valence-electron chi connectivity index (χ1n) is 7.59. The van der Waals surface area contributed by atoms with Crippen molar-refractivity contribution in [2.45, 2.75) is 18.4 Å². The maximum atomic E-state index is 12.3. The van der Waals surface area contributed by atoms with Crippen LogP contribution in [0.5, 0.6) is 0 Å². The first-order valence-corrected chi connectivity index (χ1v) is 9.19. The fourth-order valence-electron chi connectivity index (χ4n) is 2.76. The number of rotatable bonds is 6. The molecule has 21 heavy (non-hydrogen) atoms. The molecule has 0 atom stereocenters. The van der Waals surface area contributed by atoms with Gasteiger partial charge >= 0.3 is 0 Å². The third-order valence-corrected chi connectivity index (χ3v) is 6.07. The number of hydrogen-bond donors (Lipinski definition) is 2. The number of nitrogens with zero attached hydrogens (tertiary/aromatic N) is 2. The van der Waals surface area contributed by atoms with Gasteiger partial charge in [0.15, 0.2) is 0 Å². The van der Waals surface area contributed by atoms with Crippen LogP contribution in [0.1, 0.15) is 12.8 Å². The number of ether oxygens (including phenoxy) is 1. The van der Waals surface area contributed by atoms with Crippen LogP contribution in [0, 0.1) is 0 Å². The lowest BCUT2D eigenvalue weighted by Gasteiger charge is -2.35. The van der Waals surface area contributed by atoms with Gasteiger partial charge in [-0.05, 0) is 0 Å². The fraction of sp³-hybridized carbons (Fsp3) is 1.00. The predicted octanol–water partition coefficient (Wildman–Crippen LogP) is -1.31. The van der Waals surface area contributed by atoms with Crippen LogP contribution >= 0.6 is 0 Å². The van der Waals surface area contributed by atoms with Gasteiger partial charge in [-0.1, -0.05) is 0 Å². The van der Waals surface area contributed by atoms with Gasteiger partial charge < -0.3 is 15.2 Å². The second kappa shape index (κ2) is 7.34. The zero-order valence-corrected chi connectivity index (χ0v) is 13.6. The Kier molecular flexibility index (Phi) is 5.98. The molecule has 0 aliphatic carbocycles. The Bertz CT molecular complexity index is 417. The minimum Gasteiger partial charge on any atom is -0.388 e. The Hall–Kier alpha value is -0.250. The predicted molar refractivity (Wildman–Crippen MR) is 80.7 cm³/mol. The van der Waals surface area contributed by atoms with Gasteiger partial charge in [0.25, 0.3) is 0 Å². The first kappa shape index (κ1) is 17.1. The van der Waals surface area contributed by atoms with Gasteiger partial charge in [0, 0.05) is 72.4 Å². The topological polar surface area (TPSA) is 82.1 Å². The van der Waals surface area contributed by atoms with Gasteiger partial charge in [-0.2, -0.15) is 0 Å². The Morgan fingerprint density at radius 3 is 2.52 bits per heavy atom. The van der Waals surface area contributed by atoms with E-state index in [9.17, 15) is 13.5 Å². The average Bonchev–Trinajstić information content (AvgIpc) is 2.46. The maximum absolute atomic E-state index is 12.3. The van der Waals surface area contributed by atoms with Crippen LogP contribution in [0.3, 0.4) is 0 Å². The second-order valence-corrected chi connectivity index (χ2v) is 8.20. The fourth-order valence-corrected chi connectivity index (χ4v) is 3.99. The normalized spacial score (nSPS) is 24.3. The molecule has 0 bridgehead atoms. The van der Waals surface area contributed by atoms with E-state index in [1.165, 1.54) is 4.31 Å². The smallest absolute Gasteiger partial charge is 0.215 e. The summed E-state index contributed by atoms with van der Waals surface area (Å²) in [5.74, 6) is 0.107.